The minimum atomic E-state index is 0.0232. The van der Waals surface area contributed by atoms with Crippen molar-refractivity contribution >= 4 is 11.9 Å². The molecule has 0 spiro atoms. The molecule has 1 rings (SSSR count). The van der Waals surface area contributed by atoms with Gasteiger partial charge in [-0.1, -0.05) is 20.3 Å². The van der Waals surface area contributed by atoms with Crippen LogP contribution in [-0.4, -0.2) is 24.0 Å². The zero-order chi connectivity index (χ0) is 9.90. The van der Waals surface area contributed by atoms with Crippen molar-refractivity contribution in [3.63, 3.8) is 0 Å². The lowest BCUT2D eigenvalue weighted by Gasteiger charge is -2.23. The highest BCUT2D eigenvalue weighted by molar-refractivity contribution is 6.31. The lowest BCUT2D eigenvalue weighted by Crippen LogP contribution is -2.29. The van der Waals surface area contributed by atoms with Crippen LogP contribution in [0.25, 0.3) is 0 Å². The summed E-state index contributed by atoms with van der Waals surface area (Å²) < 4.78 is 0. The van der Waals surface area contributed by atoms with E-state index in [1.165, 1.54) is 18.6 Å². The van der Waals surface area contributed by atoms with E-state index in [1.807, 2.05) is 6.21 Å². The van der Waals surface area contributed by atoms with Gasteiger partial charge in [0, 0.05) is 6.21 Å². The molecule has 0 bridgehead atoms. The summed E-state index contributed by atoms with van der Waals surface area (Å²) in [5.74, 6) is 0.574. The standard InChI is InChI=1S/C11H20N2/c1-5-6-9(2)10-7-13-11(3,4)8-12-10/h7,9H,5-6,8H2,1-4H3. The summed E-state index contributed by atoms with van der Waals surface area (Å²) in [5, 5.41) is 0. The predicted molar refractivity (Wildman–Crippen MR) is 58.9 cm³/mol. The summed E-state index contributed by atoms with van der Waals surface area (Å²) in [6.07, 6.45) is 4.40. The number of rotatable bonds is 3. The smallest absolute Gasteiger partial charge is 0.0747 e. The second-order valence-corrected chi connectivity index (χ2v) is 4.50. The maximum Gasteiger partial charge on any atom is 0.0747 e. The van der Waals surface area contributed by atoms with Crippen molar-refractivity contribution in [2.45, 2.75) is 46.1 Å². The fraction of sp³-hybridized carbons (Fsp3) is 0.818. The van der Waals surface area contributed by atoms with Crippen LogP contribution in [0.1, 0.15) is 40.5 Å². The van der Waals surface area contributed by atoms with Gasteiger partial charge in [0.15, 0.2) is 0 Å². The summed E-state index contributed by atoms with van der Waals surface area (Å²) in [6, 6.07) is 0. The van der Waals surface area contributed by atoms with Gasteiger partial charge in [-0.05, 0) is 26.2 Å². The van der Waals surface area contributed by atoms with Crippen molar-refractivity contribution in [3.05, 3.63) is 0 Å². The zero-order valence-corrected chi connectivity index (χ0v) is 9.17. The number of hydrogen-bond donors (Lipinski definition) is 0. The van der Waals surface area contributed by atoms with Crippen LogP contribution in [0, 0.1) is 5.92 Å². The van der Waals surface area contributed by atoms with E-state index in [0.717, 1.165) is 6.54 Å². The highest BCUT2D eigenvalue weighted by Crippen LogP contribution is 2.16. The van der Waals surface area contributed by atoms with E-state index in [0.29, 0.717) is 5.92 Å². The van der Waals surface area contributed by atoms with Crippen LogP contribution in [0.15, 0.2) is 9.98 Å². The highest BCUT2D eigenvalue weighted by atomic mass is 15.0. The van der Waals surface area contributed by atoms with E-state index < -0.39 is 0 Å². The van der Waals surface area contributed by atoms with E-state index in [2.05, 4.69) is 37.7 Å². The molecule has 2 nitrogen and oxygen atoms in total. The molecule has 0 aromatic heterocycles. The normalized spacial score (nSPS) is 22.6. The van der Waals surface area contributed by atoms with E-state index in [4.69, 9.17) is 0 Å². The minimum Gasteiger partial charge on any atom is -0.285 e. The Morgan fingerprint density at radius 3 is 2.69 bits per heavy atom. The summed E-state index contributed by atoms with van der Waals surface area (Å²) >= 11 is 0. The SMILES string of the molecule is CCCC(C)C1=NCC(C)(C)N=C1. The van der Waals surface area contributed by atoms with Gasteiger partial charge < -0.3 is 0 Å². The Bertz CT molecular complexity index is 226. The molecule has 1 aliphatic heterocycles. The van der Waals surface area contributed by atoms with Gasteiger partial charge in [-0.3, -0.25) is 9.98 Å². The fourth-order valence-corrected chi connectivity index (χ4v) is 1.47. The molecule has 0 fully saturated rings. The molecule has 0 aliphatic carbocycles. The molecule has 0 amide bonds. The minimum absolute atomic E-state index is 0.0232. The van der Waals surface area contributed by atoms with Gasteiger partial charge in [-0.2, -0.15) is 0 Å². The van der Waals surface area contributed by atoms with Gasteiger partial charge in [0.05, 0.1) is 17.8 Å². The zero-order valence-electron chi connectivity index (χ0n) is 9.17. The fourth-order valence-electron chi connectivity index (χ4n) is 1.47. The van der Waals surface area contributed by atoms with E-state index >= 15 is 0 Å². The molecular weight excluding hydrogens is 160 g/mol. The molecule has 0 saturated heterocycles. The number of aliphatic imine (C=N–C) groups is 2. The van der Waals surface area contributed by atoms with E-state index in [9.17, 15) is 0 Å². The van der Waals surface area contributed by atoms with Crippen LogP contribution in [0.4, 0.5) is 0 Å². The van der Waals surface area contributed by atoms with Crippen molar-refractivity contribution in [3.8, 4) is 0 Å². The van der Waals surface area contributed by atoms with Crippen LogP contribution < -0.4 is 0 Å². The van der Waals surface area contributed by atoms with Gasteiger partial charge in [0.2, 0.25) is 0 Å². The van der Waals surface area contributed by atoms with Crippen molar-refractivity contribution < 1.29 is 0 Å². The van der Waals surface area contributed by atoms with Crippen LogP contribution in [0.5, 0.6) is 0 Å². The van der Waals surface area contributed by atoms with Crippen molar-refractivity contribution in [1.82, 2.24) is 0 Å². The average Bonchev–Trinajstić information content (AvgIpc) is 2.04. The molecule has 0 aromatic rings. The van der Waals surface area contributed by atoms with Crippen LogP contribution in [0.2, 0.25) is 0 Å². The quantitative estimate of drug-likeness (QED) is 0.638. The molecule has 1 atom stereocenters. The second-order valence-electron chi connectivity index (χ2n) is 4.50. The molecule has 0 radical (unpaired) electrons. The molecule has 13 heavy (non-hydrogen) atoms. The Morgan fingerprint density at radius 2 is 2.23 bits per heavy atom. The summed E-state index contributed by atoms with van der Waals surface area (Å²) in [7, 11) is 0. The van der Waals surface area contributed by atoms with Crippen molar-refractivity contribution in [1.29, 1.82) is 0 Å². The molecule has 0 saturated carbocycles. The number of nitrogens with zero attached hydrogens (tertiary/aromatic N) is 2. The van der Waals surface area contributed by atoms with Gasteiger partial charge in [-0.25, -0.2) is 0 Å². The van der Waals surface area contributed by atoms with Gasteiger partial charge in [0.25, 0.3) is 0 Å². The van der Waals surface area contributed by atoms with Gasteiger partial charge >= 0.3 is 0 Å². The summed E-state index contributed by atoms with van der Waals surface area (Å²) in [6.45, 7) is 9.52. The number of hydrogen-bond acceptors (Lipinski definition) is 2. The largest absolute Gasteiger partial charge is 0.285 e. The molecule has 0 N–H and O–H groups in total. The van der Waals surface area contributed by atoms with Crippen LogP contribution in [0.3, 0.4) is 0 Å². The van der Waals surface area contributed by atoms with E-state index in [1.54, 1.807) is 0 Å². The first-order chi connectivity index (χ1) is 6.05. The first-order valence-corrected chi connectivity index (χ1v) is 5.15. The third-order valence-electron chi connectivity index (χ3n) is 2.42. The molecule has 1 heterocycles. The molecule has 74 valence electrons. The van der Waals surface area contributed by atoms with Gasteiger partial charge in [0.1, 0.15) is 0 Å². The lowest BCUT2D eigenvalue weighted by molar-refractivity contribution is 0.530. The van der Waals surface area contributed by atoms with Crippen molar-refractivity contribution in [2.75, 3.05) is 6.54 Å². The second kappa shape index (κ2) is 4.03. The first kappa shape index (κ1) is 10.4. The Morgan fingerprint density at radius 1 is 1.54 bits per heavy atom. The lowest BCUT2D eigenvalue weighted by atomic mass is 9.98. The highest BCUT2D eigenvalue weighted by Gasteiger charge is 2.20. The molecule has 1 unspecified atom stereocenters. The average molecular weight is 180 g/mol. The Hall–Kier alpha value is -0.660. The molecule has 1 aliphatic rings. The van der Waals surface area contributed by atoms with Crippen molar-refractivity contribution in [2.24, 2.45) is 15.9 Å². The van der Waals surface area contributed by atoms with E-state index in [-0.39, 0.29) is 5.54 Å². The maximum absolute atomic E-state index is 4.57. The molecule has 0 aromatic carbocycles. The third kappa shape index (κ3) is 2.94. The molecule has 2 heteroatoms. The Labute approximate surface area is 81.2 Å². The Balaban J connectivity index is 2.56. The Kier molecular flexibility index (Phi) is 3.23. The molecular formula is C11H20N2. The van der Waals surface area contributed by atoms with Crippen LogP contribution in [-0.2, 0) is 0 Å². The summed E-state index contributed by atoms with van der Waals surface area (Å²) in [5.41, 5.74) is 1.20. The van der Waals surface area contributed by atoms with Gasteiger partial charge in [-0.15, -0.1) is 0 Å². The summed E-state index contributed by atoms with van der Waals surface area (Å²) in [4.78, 5) is 9.06. The monoisotopic (exact) mass is 180 g/mol. The third-order valence-corrected chi connectivity index (χ3v) is 2.42. The van der Waals surface area contributed by atoms with Crippen LogP contribution >= 0.6 is 0 Å². The first-order valence-electron chi connectivity index (χ1n) is 5.15. The predicted octanol–water partition coefficient (Wildman–Crippen LogP) is 2.73. The maximum atomic E-state index is 4.57. The topological polar surface area (TPSA) is 24.7 Å².